The first-order valence-electron chi connectivity index (χ1n) is 7.22. The zero-order valence-electron chi connectivity index (χ0n) is 11.8. The van der Waals surface area contributed by atoms with Crippen LogP contribution in [0, 0.1) is 0 Å². The lowest BCUT2D eigenvalue weighted by molar-refractivity contribution is -0.186. The van der Waals surface area contributed by atoms with E-state index in [1.54, 1.807) is 6.92 Å². The molecule has 1 aromatic carbocycles. The van der Waals surface area contributed by atoms with Crippen LogP contribution < -0.4 is 4.74 Å². The maximum atomic E-state index is 11.2. The van der Waals surface area contributed by atoms with Gasteiger partial charge in [0.1, 0.15) is 5.75 Å². The van der Waals surface area contributed by atoms with Crippen LogP contribution in [0.25, 0.3) is 0 Å². The van der Waals surface area contributed by atoms with Crippen LogP contribution in [0.5, 0.6) is 5.75 Å². The molecular weight excluding hydrogens is 256 g/mol. The van der Waals surface area contributed by atoms with Crippen LogP contribution in [0.2, 0.25) is 0 Å². The molecule has 1 spiro atoms. The Balaban J connectivity index is 1.55. The molecule has 1 aromatic rings. The van der Waals surface area contributed by atoms with Crippen LogP contribution in [-0.4, -0.2) is 30.9 Å². The molecule has 2 aliphatic rings. The second kappa shape index (κ2) is 5.54. The molecule has 0 radical (unpaired) electrons. The largest absolute Gasteiger partial charge is 0.490 e. The van der Waals surface area contributed by atoms with Crippen LogP contribution in [-0.2, 0) is 9.47 Å². The molecule has 1 aliphatic carbocycles. The van der Waals surface area contributed by atoms with Gasteiger partial charge in [-0.2, -0.15) is 0 Å². The molecule has 1 saturated heterocycles. The lowest BCUT2D eigenvalue weighted by Gasteiger charge is -2.35. The standard InChI is InChI=1S/C16H20O4/c1-12(17)13-2-4-14(5-3-13)20-15-6-8-16(9-7-15)18-10-11-19-16/h2-5,15H,6-11H2,1H3. The molecule has 4 heteroatoms. The van der Waals surface area contributed by atoms with E-state index in [1.807, 2.05) is 24.3 Å². The number of carbonyl (C=O) groups excluding carboxylic acids is 1. The Morgan fingerprint density at radius 2 is 1.75 bits per heavy atom. The highest BCUT2D eigenvalue weighted by atomic mass is 16.7. The van der Waals surface area contributed by atoms with Gasteiger partial charge in [-0.15, -0.1) is 0 Å². The molecule has 3 rings (SSSR count). The van der Waals surface area contributed by atoms with E-state index in [4.69, 9.17) is 14.2 Å². The number of ether oxygens (including phenoxy) is 3. The van der Waals surface area contributed by atoms with Gasteiger partial charge in [0, 0.05) is 18.4 Å². The SMILES string of the molecule is CC(=O)c1ccc(OC2CCC3(CC2)OCCO3)cc1. The Morgan fingerprint density at radius 3 is 2.30 bits per heavy atom. The summed E-state index contributed by atoms with van der Waals surface area (Å²) in [7, 11) is 0. The number of benzene rings is 1. The predicted molar refractivity (Wildman–Crippen MR) is 74.0 cm³/mol. The molecule has 0 bridgehead atoms. The van der Waals surface area contributed by atoms with Crippen LogP contribution in [0.3, 0.4) is 0 Å². The maximum absolute atomic E-state index is 11.2. The second-order valence-corrected chi connectivity index (χ2v) is 5.51. The Hall–Kier alpha value is -1.39. The fraction of sp³-hybridized carbons (Fsp3) is 0.562. The third-order valence-electron chi connectivity index (χ3n) is 4.07. The zero-order valence-corrected chi connectivity index (χ0v) is 11.8. The van der Waals surface area contributed by atoms with Crippen LogP contribution in [0.15, 0.2) is 24.3 Å². The van der Waals surface area contributed by atoms with E-state index in [0.29, 0.717) is 18.8 Å². The van der Waals surface area contributed by atoms with Gasteiger partial charge in [-0.3, -0.25) is 4.79 Å². The van der Waals surface area contributed by atoms with Crippen molar-refractivity contribution in [1.82, 2.24) is 0 Å². The van der Waals surface area contributed by atoms with Gasteiger partial charge in [-0.25, -0.2) is 0 Å². The first-order chi connectivity index (χ1) is 9.67. The van der Waals surface area contributed by atoms with Crippen molar-refractivity contribution in [2.75, 3.05) is 13.2 Å². The number of hydrogen-bond donors (Lipinski definition) is 0. The first-order valence-corrected chi connectivity index (χ1v) is 7.22. The summed E-state index contributed by atoms with van der Waals surface area (Å²) in [5.41, 5.74) is 0.715. The Morgan fingerprint density at radius 1 is 1.15 bits per heavy atom. The number of carbonyl (C=O) groups is 1. The fourth-order valence-electron chi connectivity index (χ4n) is 2.90. The molecule has 0 unspecified atom stereocenters. The van der Waals surface area contributed by atoms with E-state index in [2.05, 4.69) is 0 Å². The number of ketones is 1. The summed E-state index contributed by atoms with van der Waals surface area (Å²) < 4.78 is 17.4. The lowest BCUT2D eigenvalue weighted by Crippen LogP contribution is -2.38. The highest BCUT2D eigenvalue weighted by Crippen LogP contribution is 2.37. The number of rotatable bonds is 3. The average Bonchev–Trinajstić information content (AvgIpc) is 2.91. The highest BCUT2D eigenvalue weighted by Gasteiger charge is 2.40. The van der Waals surface area contributed by atoms with Gasteiger partial charge < -0.3 is 14.2 Å². The van der Waals surface area contributed by atoms with Crippen molar-refractivity contribution in [3.05, 3.63) is 29.8 Å². The molecule has 0 N–H and O–H groups in total. The van der Waals surface area contributed by atoms with E-state index in [9.17, 15) is 4.79 Å². The first kappa shape index (κ1) is 13.6. The molecule has 1 heterocycles. The predicted octanol–water partition coefficient (Wildman–Crippen LogP) is 2.95. The van der Waals surface area contributed by atoms with E-state index >= 15 is 0 Å². The molecular formula is C16H20O4. The van der Waals surface area contributed by atoms with Gasteiger partial charge >= 0.3 is 0 Å². The molecule has 2 fully saturated rings. The van der Waals surface area contributed by atoms with Crippen LogP contribution in [0.1, 0.15) is 43.0 Å². The average molecular weight is 276 g/mol. The normalized spacial score (nSPS) is 22.1. The van der Waals surface area contributed by atoms with Crippen molar-refractivity contribution in [1.29, 1.82) is 0 Å². The van der Waals surface area contributed by atoms with Gasteiger partial charge in [0.2, 0.25) is 0 Å². The fourth-order valence-corrected chi connectivity index (χ4v) is 2.90. The van der Waals surface area contributed by atoms with Gasteiger partial charge in [-0.05, 0) is 44.0 Å². The third kappa shape index (κ3) is 2.86. The molecule has 1 saturated carbocycles. The van der Waals surface area contributed by atoms with Crippen molar-refractivity contribution < 1.29 is 19.0 Å². The van der Waals surface area contributed by atoms with E-state index in [0.717, 1.165) is 31.4 Å². The molecule has 0 atom stereocenters. The quantitative estimate of drug-likeness (QED) is 0.796. The van der Waals surface area contributed by atoms with Crippen molar-refractivity contribution in [3.63, 3.8) is 0 Å². The monoisotopic (exact) mass is 276 g/mol. The summed E-state index contributed by atoms with van der Waals surface area (Å²) in [6.07, 6.45) is 3.87. The van der Waals surface area contributed by atoms with Crippen molar-refractivity contribution >= 4 is 5.78 Å². The molecule has 108 valence electrons. The number of Topliss-reactive ketones (excluding diaryl/α,β-unsaturated/α-hetero) is 1. The summed E-state index contributed by atoms with van der Waals surface area (Å²) in [6.45, 7) is 2.98. The van der Waals surface area contributed by atoms with Crippen LogP contribution in [0.4, 0.5) is 0 Å². The van der Waals surface area contributed by atoms with E-state index in [1.165, 1.54) is 0 Å². The van der Waals surface area contributed by atoms with Gasteiger partial charge in [0.25, 0.3) is 0 Å². The third-order valence-corrected chi connectivity index (χ3v) is 4.07. The Kier molecular flexibility index (Phi) is 3.76. The minimum atomic E-state index is -0.335. The molecule has 0 amide bonds. The molecule has 0 aromatic heterocycles. The van der Waals surface area contributed by atoms with Crippen molar-refractivity contribution in [2.45, 2.75) is 44.5 Å². The Labute approximate surface area is 119 Å². The number of hydrogen-bond acceptors (Lipinski definition) is 4. The van der Waals surface area contributed by atoms with Gasteiger partial charge in [0.15, 0.2) is 11.6 Å². The topological polar surface area (TPSA) is 44.8 Å². The highest BCUT2D eigenvalue weighted by molar-refractivity contribution is 5.94. The summed E-state index contributed by atoms with van der Waals surface area (Å²) in [4.78, 5) is 11.2. The zero-order chi connectivity index (χ0) is 14.0. The molecule has 1 aliphatic heterocycles. The summed E-state index contributed by atoms with van der Waals surface area (Å²) in [6, 6.07) is 7.35. The van der Waals surface area contributed by atoms with Crippen molar-refractivity contribution in [3.8, 4) is 5.75 Å². The van der Waals surface area contributed by atoms with Crippen molar-refractivity contribution in [2.24, 2.45) is 0 Å². The van der Waals surface area contributed by atoms with Gasteiger partial charge in [-0.1, -0.05) is 0 Å². The smallest absolute Gasteiger partial charge is 0.168 e. The second-order valence-electron chi connectivity index (χ2n) is 5.51. The summed E-state index contributed by atoms with van der Waals surface area (Å²) >= 11 is 0. The molecule has 20 heavy (non-hydrogen) atoms. The summed E-state index contributed by atoms with van der Waals surface area (Å²) in [5, 5.41) is 0. The minimum absolute atomic E-state index is 0.0756. The van der Waals surface area contributed by atoms with Crippen LogP contribution >= 0.6 is 0 Å². The van der Waals surface area contributed by atoms with E-state index < -0.39 is 0 Å². The van der Waals surface area contributed by atoms with Gasteiger partial charge in [0.05, 0.1) is 19.3 Å². The Bertz CT molecular complexity index is 464. The minimum Gasteiger partial charge on any atom is -0.490 e. The maximum Gasteiger partial charge on any atom is 0.168 e. The van der Waals surface area contributed by atoms with E-state index in [-0.39, 0.29) is 17.7 Å². The molecule has 4 nitrogen and oxygen atoms in total. The lowest BCUT2D eigenvalue weighted by atomic mass is 9.92. The summed E-state index contributed by atoms with van der Waals surface area (Å²) in [5.74, 6) is 0.564.